The fraction of sp³-hybridized carbons (Fsp3) is 0.535. The van der Waals surface area contributed by atoms with Crippen molar-refractivity contribution in [3.05, 3.63) is 112 Å². The maximum atomic E-state index is 14.9. The summed E-state index contributed by atoms with van der Waals surface area (Å²) < 4.78 is 59.4. The van der Waals surface area contributed by atoms with Crippen molar-refractivity contribution in [3.8, 4) is 22.6 Å². The van der Waals surface area contributed by atoms with Crippen LogP contribution in [0.2, 0.25) is 0 Å². The van der Waals surface area contributed by atoms with Gasteiger partial charge in [0.25, 0.3) is 10.0 Å². The summed E-state index contributed by atoms with van der Waals surface area (Å²) in [6.07, 6.45) is -2.08. The van der Waals surface area contributed by atoms with Gasteiger partial charge in [-0.2, -0.15) is 0 Å². The minimum Gasteiger partial charge on any atom is -0.488 e. The van der Waals surface area contributed by atoms with E-state index in [4.69, 9.17) is 29.1 Å². The molecule has 0 saturated carbocycles. The van der Waals surface area contributed by atoms with Crippen molar-refractivity contribution in [3.63, 3.8) is 0 Å². The average molecular weight is 1370 g/mol. The van der Waals surface area contributed by atoms with Crippen LogP contribution in [-0.4, -0.2) is 140 Å². The number of nitrogens with one attached hydrogen (secondary N) is 9. The van der Waals surface area contributed by atoms with E-state index in [1.807, 2.05) is 83.1 Å². The molecule has 6 amide bonds. The first-order chi connectivity index (χ1) is 45.1. The molecule has 0 radical (unpaired) electrons. The van der Waals surface area contributed by atoms with Crippen LogP contribution in [0, 0.1) is 32.1 Å². The lowest BCUT2D eigenvalue weighted by Gasteiger charge is -2.28. The SMILES string of the molecule is Cc1c(C)c(S(=O)(=O)NC(=N)NCCC[C@H](NC(=O)OCC2c3ccccc3-c3ccccc32)C(=O)N[C@@H](CCCCNC(=O)OC(C)(C)C)C(=O)N[C@@H](CC(=O)OC(C)(C)C)C(=O)N[C@H](C(=O)N[C@@H](Cc2ccc(OC(C)(C)C)cc2)C(=O)O)C(C)C)c(C)c2c1OC(C)(C)C2. The van der Waals surface area contributed by atoms with E-state index in [1.165, 1.54) is 0 Å². The highest BCUT2D eigenvalue weighted by Crippen LogP contribution is 2.45. The van der Waals surface area contributed by atoms with Crippen molar-refractivity contribution >= 4 is 63.7 Å². The third kappa shape index (κ3) is 22.6. The van der Waals surface area contributed by atoms with Crippen molar-refractivity contribution in [2.45, 2.75) is 226 Å². The Morgan fingerprint density at radius 1 is 0.629 bits per heavy atom. The number of carboxylic acid groups (broad SMARTS) is 1. The summed E-state index contributed by atoms with van der Waals surface area (Å²) in [5.41, 5.74) is 3.82. The highest BCUT2D eigenvalue weighted by Gasteiger charge is 2.39. The lowest BCUT2D eigenvalue weighted by atomic mass is 9.94. The number of unbranched alkanes of at least 4 members (excludes halogenated alkanes) is 1. The Kier molecular flexibility index (Phi) is 25.7. The van der Waals surface area contributed by atoms with E-state index >= 15 is 0 Å². The second-order valence-electron chi connectivity index (χ2n) is 28.7. The van der Waals surface area contributed by atoms with E-state index in [-0.39, 0.29) is 69.0 Å². The molecule has 0 spiro atoms. The number of esters is 1. The number of carboxylic acids is 1. The highest BCUT2D eigenvalue weighted by atomic mass is 32.2. The van der Waals surface area contributed by atoms with Crippen LogP contribution in [0.15, 0.2) is 77.7 Å². The predicted octanol–water partition coefficient (Wildman–Crippen LogP) is 8.34. The molecule has 5 atom stereocenters. The van der Waals surface area contributed by atoms with Crippen molar-refractivity contribution in [1.82, 2.24) is 41.9 Å². The molecule has 0 fully saturated rings. The predicted molar refractivity (Wildman–Crippen MR) is 366 cm³/mol. The van der Waals surface area contributed by atoms with Gasteiger partial charge in [0.2, 0.25) is 29.6 Å². The van der Waals surface area contributed by atoms with Crippen molar-refractivity contribution in [1.29, 1.82) is 5.41 Å². The first kappa shape index (κ1) is 77.1. The van der Waals surface area contributed by atoms with Crippen LogP contribution in [0.1, 0.15) is 173 Å². The summed E-state index contributed by atoms with van der Waals surface area (Å²) in [5, 5.41) is 37.5. The topological polar surface area (TPSA) is 357 Å². The van der Waals surface area contributed by atoms with Gasteiger partial charge in [-0.1, -0.05) is 74.5 Å². The normalized spacial score (nSPS) is 14.9. The fourth-order valence-electron chi connectivity index (χ4n) is 11.5. The Morgan fingerprint density at radius 2 is 1.16 bits per heavy atom. The van der Waals surface area contributed by atoms with Gasteiger partial charge >= 0.3 is 24.1 Å². The zero-order valence-corrected chi connectivity index (χ0v) is 59.5. The number of amides is 6. The van der Waals surface area contributed by atoms with E-state index in [2.05, 4.69) is 41.9 Å². The van der Waals surface area contributed by atoms with Crippen molar-refractivity contribution in [2.24, 2.45) is 5.92 Å². The molecule has 1 heterocycles. The quantitative estimate of drug-likeness (QED) is 0.00802. The zero-order chi connectivity index (χ0) is 72.1. The molecular weight excluding hydrogens is 1270 g/mol. The monoisotopic (exact) mass is 1370 g/mol. The molecule has 0 saturated heterocycles. The number of alkyl carbamates (subject to hydrolysis) is 2. The van der Waals surface area contributed by atoms with Crippen LogP contribution in [-0.2, 0) is 65.8 Å². The number of aliphatic carboxylic acids is 1. The van der Waals surface area contributed by atoms with Gasteiger partial charge in [-0.3, -0.25) is 29.4 Å². The van der Waals surface area contributed by atoms with Crippen LogP contribution in [0.3, 0.4) is 0 Å². The van der Waals surface area contributed by atoms with E-state index in [9.17, 15) is 51.9 Å². The molecule has 1 aliphatic carbocycles. The second-order valence-corrected chi connectivity index (χ2v) is 30.3. The molecule has 1 aliphatic heterocycles. The Morgan fingerprint density at radius 3 is 1.73 bits per heavy atom. The molecule has 97 heavy (non-hydrogen) atoms. The van der Waals surface area contributed by atoms with Crippen molar-refractivity contribution in [2.75, 3.05) is 19.7 Å². The molecule has 10 N–H and O–H groups in total. The Labute approximate surface area is 569 Å². The largest absolute Gasteiger partial charge is 0.488 e. The smallest absolute Gasteiger partial charge is 0.407 e. The van der Waals surface area contributed by atoms with Crippen LogP contribution < -0.4 is 51.4 Å². The maximum absolute atomic E-state index is 14.9. The van der Waals surface area contributed by atoms with Gasteiger partial charge in [0, 0.05) is 37.4 Å². The average Bonchev–Trinajstić information content (AvgIpc) is 1.68. The van der Waals surface area contributed by atoms with E-state index in [0.717, 1.165) is 27.8 Å². The first-order valence-electron chi connectivity index (χ1n) is 32.8. The minimum absolute atomic E-state index is 0.0115. The number of ether oxygens (including phenoxy) is 5. The zero-order valence-electron chi connectivity index (χ0n) is 58.7. The summed E-state index contributed by atoms with van der Waals surface area (Å²) in [5.74, 6) is -6.54. The minimum atomic E-state index is -4.33. The molecule has 6 rings (SSSR count). The summed E-state index contributed by atoms with van der Waals surface area (Å²) in [6, 6.07) is 14.5. The maximum Gasteiger partial charge on any atom is 0.407 e. The molecule has 25 nitrogen and oxygen atoms in total. The van der Waals surface area contributed by atoms with E-state index < -0.39 is 129 Å². The number of carbonyl (C=O) groups is 8. The van der Waals surface area contributed by atoms with Gasteiger partial charge in [0.05, 0.1) is 11.3 Å². The van der Waals surface area contributed by atoms with Crippen LogP contribution >= 0.6 is 0 Å². The number of hydrogen-bond acceptors (Lipinski definition) is 16. The number of guanidine groups is 1. The Hall–Kier alpha value is -8.94. The first-order valence-corrected chi connectivity index (χ1v) is 34.3. The molecule has 4 aromatic carbocycles. The molecule has 4 aromatic rings. The number of carbonyl (C=O) groups excluding carboxylic acids is 7. The molecule has 530 valence electrons. The van der Waals surface area contributed by atoms with Gasteiger partial charge in [-0.15, -0.1) is 0 Å². The summed E-state index contributed by atoms with van der Waals surface area (Å²) >= 11 is 0. The van der Waals surface area contributed by atoms with Gasteiger partial charge in [-0.05, 0) is 192 Å². The molecule has 0 unspecified atom stereocenters. The van der Waals surface area contributed by atoms with E-state index in [1.54, 1.807) is 100 Å². The van der Waals surface area contributed by atoms with Crippen LogP contribution in [0.25, 0.3) is 11.1 Å². The Balaban J connectivity index is 1.25. The standard InChI is InChI=1S/C71H99N9O16S/c1-40(2)57(63(85)77-55(64(86)87)36-44-30-32-45(33-31-44)93-68(6,7)8)79-62(84)54(37-56(81)94-69(9,10)11)76-60(82)52(28-21-22-34-74-66(88)96-70(12,13)14)75-61(83)53(78-67(89)92-39-51-48-26-19-17-24-46(48)47-25-18-20-27-49(47)51)29-23-35-73-65(72)80-97(90,91)59-42(4)41(3)58-50(43(59)5)38-71(15,16)95-58/h17-20,24-27,30-33,40,51-55,57H,21-23,28-29,34-39H2,1-16H3,(H,74,88)(H,75,83)(H,76,82)(H,77,85)(H,78,89)(H,79,84)(H,86,87)(H3,72,73,80)/t52-,53-,54-,55-,57-/m0/s1. The lowest BCUT2D eigenvalue weighted by Crippen LogP contribution is -2.60. The fourth-order valence-corrected chi connectivity index (χ4v) is 13.0. The van der Waals surface area contributed by atoms with E-state index in [0.29, 0.717) is 40.2 Å². The third-order valence-electron chi connectivity index (χ3n) is 16.0. The van der Waals surface area contributed by atoms with Crippen molar-refractivity contribution < 1.29 is 75.6 Å². The third-order valence-corrected chi connectivity index (χ3v) is 17.6. The van der Waals surface area contributed by atoms with Gasteiger partial charge in [-0.25, -0.2) is 27.5 Å². The van der Waals surface area contributed by atoms with Crippen LogP contribution in [0.4, 0.5) is 9.59 Å². The molecule has 0 bridgehead atoms. The number of sulfonamides is 1. The molecule has 26 heteroatoms. The van der Waals surface area contributed by atoms with Gasteiger partial charge < -0.3 is 66.0 Å². The summed E-state index contributed by atoms with van der Waals surface area (Å²) in [4.78, 5) is 112. The molecule has 2 aliphatic rings. The second kappa shape index (κ2) is 32.4. The number of benzene rings is 4. The van der Waals surface area contributed by atoms with Gasteiger partial charge in [0.1, 0.15) is 70.7 Å². The number of hydrogen-bond donors (Lipinski definition) is 10. The number of rotatable bonds is 29. The summed E-state index contributed by atoms with van der Waals surface area (Å²) in [7, 11) is -4.33. The lowest BCUT2D eigenvalue weighted by molar-refractivity contribution is -0.156. The number of fused-ring (bicyclic) bond motifs is 4. The highest BCUT2D eigenvalue weighted by molar-refractivity contribution is 7.90. The van der Waals surface area contributed by atoms with Crippen LogP contribution in [0.5, 0.6) is 11.5 Å². The van der Waals surface area contributed by atoms with Gasteiger partial charge in [0.15, 0.2) is 0 Å². The molecular formula is C71H99N9O16S. The molecule has 0 aromatic heterocycles. The Bertz CT molecular complexity index is 3620. The summed E-state index contributed by atoms with van der Waals surface area (Å²) in [6.45, 7) is 27.6.